The molecule has 3 rings (SSSR count). The number of ether oxygens (including phenoxy) is 2. The monoisotopic (exact) mass is 252 g/mol. The number of fused-ring (bicyclic) bond motifs is 1. The lowest BCUT2D eigenvalue weighted by molar-refractivity contribution is -0.0586. The Morgan fingerprint density at radius 2 is 2.59 bits per heavy atom. The summed E-state index contributed by atoms with van der Waals surface area (Å²) in [7, 11) is 1.39. The Hall–Kier alpha value is -1.40. The van der Waals surface area contributed by atoms with Crippen LogP contribution in [0.3, 0.4) is 0 Å². The summed E-state index contributed by atoms with van der Waals surface area (Å²) in [4.78, 5) is 17.3. The lowest BCUT2D eigenvalue weighted by Crippen LogP contribution is -2.30. The van der Waals surface area contributed by atoms with Gasteiger partial charge in [0.15, 0.2) is 0 Å². The van der Waals surface area contributed by atoms with Gasteiger partial charge in [-0.2, -0.15) is 0 Å². The Morgan fingerprint density at radius 1 is 1.76 bits per heavy atom. The first-order valence-electron chi connectivity index (χ1n) is 5.42. The van der Waals surface area contributed by atoms with Crippen LogP contribution in [0, 0.1) is 0 Å². The van der Waals surface area contributed by atoms with Crippen molar-refractivity contribution in [3.63, 3.8) is 0 Å². The summed E-state index contributed by atoms with van der Waals surface area (Å²) in [6, 6.07) is 1.77. The molecule has 1 aliphatic heterocycles. The number of carbonyl (C=O) groups excluding carboxylic acids is 1. The zero-order valence-electron chi connectivity index (χ0n) is 9.38. The molecule has 90 valence electrons. The molecule has 1 saturated heterocycles. The molecule has 1 unspecified atom stereocenters. The van der Waals surface area contributed by atoms with E-state index < -0.39 is 0 Å². The average molecular weight is 252 g/mol. The van der Waals surface area contributed by atoms with E-state index in [1.165, 1.54) is 18.4 Å². The first-order valence-corrected chi connectivity index (χ1v) is 6.24. The Bertz CT molecular complexity index is 556. The van der Waals surface area contributed by atoms with Gasteiger partial charge in [-0.25, -0.2) is 9.78 Å². The van der Waals surface area contributed by atoms with Crippen molar-refractivity contribution in [3.8, 4) is 0 Å². The molecule has 0 saturated carbocycles. The number of thiophene rings is 1. The molecular weight excluding hydrogens is 240 g/mol. The van der Waals surface area contributed by atoms with Crippen LogP contribution in [-0.4, -0.2) is 35.3 Å². The minimum Gasteiger partial charge on any atom is -0.465 e. The van der Waals surface area contributed by atoms with Crippen LogP contribution in [0.15, 0.2) is 12.4 Å². The van der Waals surface area contributed by atoms with E-state index in [1.807, 2.05) is 4.57 Å². The van der Waals surface area contributed by atoms with Gasteiger partial charge in [0.05, 0.1) is 26.1 Å². The van der Waals surface area contributed by atoms with Gasteiger partial charge in [-0.05, 0) is 12.5 Å². The fraction of sp³-hybridized carbons (Fsp3) is 0.455. The fourth-order valence-corrected chi connectivity index (χ4v) is 2.83. The molecule has 0 aromatic carbocycles. The molecule has 2 aromatic rings. The predicted molar refractivity (Wildman–Crippen MR) is 63.3 cm³/mol. The van der Waals surface area contributed by atoms with Crippen molar-refractivity contribution in [1.29, 1.82) is 0 Å². The van der Waals surface area contributed by atoms with Crippen molar-refractivity contribution in [3.05, 3.63) is 17.3 Å². The standard InChI is InChI=1S/C11H12N2O3S/c1-15-11(14)9-4-8-10(17-9)13(6-12-8)5-7-2-3-16-7/h4,6-7H,2-3,5H2,1H3. The van der Waals surface area contributed by atoms with Gasteiger partial charge < -0.3 is 14.0 Å². The first kappa shape index (κ1) is 10.7. The lowest BCUT2D eigenvalue weighted by atomic mass is 10.2. The van der Waals surface area contributed by atoms with Crippen LogP contribution in [0.25, 0.3) is 10.3 Å². The summed E-state index contributed by atoms with van der Waals surface area (Å²) < 4.78 is 12.1. The Labute approximate surface area is 102 Å². The number of nitrogens with zero attached hydrogens (tertiary/aromatic N) is 2. The second kappa shape index (κ2) is 4.12. The quantitative estimate of drug-likeness (QED) is 0.780. The lowest BCUT2D eigenvalue weighted by Gasteiger charge is -2.26. The van der Waals surface area contributed by atoms with Crippen LogP contribution in [0.1, 0.15) is 16.1 Å². The minimum atomic E-state index is -0.306. The molecule has 6 heteroatoms. The average Bonchev–Trinajstić information content (AvgIpc) is 2.82. The molecule has 3 heterocycles. The maximum atomic E-state index is 11.4. The van der Waals surface area contributed by atoms with Crippen LogP contribution >= 0.6 is 11.3 Å². The number of hydrogen-bond acceptors (Lipinski definition) is 5. The summed E-state index contributed by atoms with van der Waals surface area (Å²) in [5, 5.41) is 0. The van der Waals surface area contributed by atoms with E-state index in [0.29, 0.717) is 4.88 Å². The molecule has 0 N–H and O–H groups in total. The van der Waals surface area contributed by atoms with E-state index >= 15 is 0 Å². The largest absolute Gasteiger partial charge is 0.465 e. The number of carbonyl (C=O) groups is 1. The smallest absolute Gasteiger partial charge is 0.348 e. The van der Waals surface area contributed by atoms with Gasteiger partial charge in [0.2, 0.25) is 0 Å². The third kappa shape index (κ3) is 1.83. The summed E-state index contributed by atoms with van der Waals surface area (Å²) in [6.07, 6.45) is 3.18. The van der Waals surface area contributed by atoms with Crippen molar-refractivity contribution in [2.24, 2.45) is 0 Å². The second-order valence-corrected chi connectivity index (χ2v) is 5.00. The third-order valence-electron chi connectivity index (χ3n) is 2.87. The zero-order valence-corrected chi connectivity index (χ0v) is 10.2. The van der Waals surface area contributed by atoms with Crippen LogP contribution in [-0.2, 0) is 16.0 Å². The highest BCUT2D eigenvalue weighted by Crippen LogP contribution is 2.26. The number of rotatable bonds is 3. The summed E-state index contributed by atoms with van der Waals surface area (Å²) in [5.41, 5.74) is 0.842. The highest BCUT2D eigenvalue weighted by Gasteiger charge is 2.21. The highest BCUT2D eigenvalue weighted by atomic mass is 32.1. The summed E-state index contributed by atoms with van der Waals surface area (Å²) in [6.45, 7) is 1.65. The molecule has 0 radical (unpaired) electrons. The fourth-order valence-electron chi connectivity index (χ4n) is 1.83. The number of methoxy groups -OCH3 is 1. The maximum Gasteiger partial charge on any atom is 0.348 e. The molecule has 2 aromatic heterocycles. The van der Waals surface area contributed by atoms with Crippen LogP contribution in [0.5, 0.6) is 0 Å². The minimum absolute atomic E-state index is 0.288. The van der Waals surface area contributed by atoms with Gasteiger partial charge in [0, 0.05) is 6.61 Å². The zero-order chi connectivity index (χ0) is 11.8. The number of esters is 1. The van der Waals surface area contributed by atoms with Gasteiger partial charge in [-0.3, -0.25) is 0 Å². The molecule has 0 bridgehead atoms. The third-order valence-corrected chi connectivity index (χ3v) is 4.01. The molecule has 1 aliphatic rings. The number of imidazole rings is 1. The number of aromatic nitrogens is 2. The topological polar surface area (TPSA) is 53.3 Å². The first-order chi connectivity index (χ1) is 8.28. The van der Waals surface area contributed by atoms with E-state index in [-0.39, 0.29) is 12.1 Å². The van der Waals surface area contributed by atoms with Crippen molar-refractivity contribution in [2.45, 2.75) is 19.1 Å². The van der Waals surface area contributed by atoms with Crippen molar-refractivity contribution in [1.82, 2.24) is 9.55 Å². The van der Waals surface area contributed by atoms with E-state index in [2.05, 4.69) is 4.98 Å². The maximum absolute atomic E-state index is 11.4. The SMILES string of the molecule is COC(=O)c1cc2ncn(CC3CCO3)c2s1. The normalized spacial score (nSPS) is 19.2. The van der Waals surface area contributed by atoms with Crippen molar-refractivity contribution >= 4 is 27.7 Å². The summed E-state index contributed by atoms with van der Waals surface area (Å²) >= 11 is 1.41. The molecule has 0 aliphatic carbocycles. The van der Waals surface area contributed by atoms with Crippen LogP contribution in [0.2, 0.25) is 0 Å². The van der Waals surface area contributed by atoms with E-state index in [1.54, 1.807) is 12.4 Å². The van der Waals surface area contributed by atoms with Gasteiger partial charge >= 0.3 is 5.97 Å². The molecule has 0 amide bonds. The van der Waals surface area contributed by atoms with E-state index in [0.717, 1.165) is 29.9 Å². The van der Waals surface area contributed by atoms with Gasteiger partial charge in [0.25, 0.3) is 0 Å². The second-order valence-electron chi connectivity index (χ2n) is 3.97. The van der Waals surface area contributed by atoms with Gasteiger partial charge in [-0.15, -0.1) is 11.3 Å². The Balaban J connectivity index is 1.90. The van der Waals surface area contributed by atoms with Gasteiger partial charge in [0.1, 0.15) is 15.2 Å². The number of hydrogen-bond donors (Lipinski definition) is 0. The van der Waals surface area contributed by atoms with E-state index in [9.17, 15) is 4.79 Å². The molecular formula is C11H12N2O3S. The Morgan fingerprint density at radius 3 is 3.24 bits per heavy atom. The summed E-state index contributed by atoms with van der Waals surface area (Å²) in [5.74, 6) is -0.306. The van der Waals surface area contributed by atoms with Crippen LogP contribution < -0.4 is 0 Å². The predicted octanol–water partition coefficient (Wildman–Crippen LogP) is 1.67. The molecule has 17 heavy (non-hydrogen) atoms. The highest BCUT2D eigenvalue weighted by molar-refractivity contribution is 7.20. The molecule has 5 nitrogen and oxygen atoms in total. The molecule has 1 atom stereocenters. The molecule has 1 fully saturated rings. The van der Waals surface area contributed by atoms with E-state index in [4.69, 9.17) is 9.47 Å². The van der Waals surface area contributed by atoms with Gasteiger partial charge in [-0.1, -0.05) is 0 Å². The van der Waals surface area contributed by atoms with Crippen molar-refractivity contribution in [2.75, 3.05) is 13.7 Å². The Kier molecular flexibility index (Phi) is 2.60. The molecule has 0 spiro atoms. The van der Waals surface area contributed by atoms with Crippen LogP contribution in [0.4, 0.5) is 0 Å². The van der Waals surface area contributed by atoms with Crippen molar-refractivity contribution < 1.29 is 14.3 Å².